The van der Waals surface area contributed by atoms with Gasteiger partial charge in [0.15, 0.2) is 5.78 Å². The van der Waals surface area contributed by atoms with Crippen molar-refractivity contribution in [1.29, 1.82) is 0 Å². The SMILES string of the molecule is CC(C)=C[C@H]1C[C@H](C)C2(CC[C@]3(C)C[C@@H]4C(C)=CC(=O)[C@H]4/C(CO)=C\C[C@@H]23)O1. The van der Waals surface area contributed by atoms with Gasteiger partial charge in [0.2, 0.25) is 0 Å². The first-order valence-electron chi connectivity index (χ1n) is 11.0. The quantitative estimate of drug-likeness (QED) is 0.681. The molecule has 1 saturated carbocycles. The molecule has 1 saturated heterocycles. The Bertz CT molecular complexity index is 756. The molecule has 1 heterocycles. The number of carbonyl (C=O) groups is 1. The summed E-state index contributed by atoms with van der Waals surface area (Å²) < 4.78 is 6.84. The summed E-state index contributed by atoms with van der Waals surface area (Å²) in [6, 6.07) is 0. The third kappa shape index (κ3) is 2.97. The summed E-state index contributed by atoms with van der Waals surface area (Å²) in [7, 11) is 0. The second kappa shape index (κ2) is 6.95. The van der Waals surface area contributed by atoms with Gasteiger partial charge in [-0.05, 0) is 87.7 Å². The number of hydrogen-bond acceptors (Lipinski definition) is 3. The topological polar surface area (TPSA) is 46.5 Å². The summed E-state index contributed by atoms with van der Waals surface area (Å²) in [5.74, 6) is 1.25. The van der Waals surface area contributed by atoms with E-state index in [4.69, 9.17) is 4.74 Å². The van der Waals surface area contributed by atoms with E-state index in [1.54, 1.807) is 0 Å². The molecule has 4 aliphatic rings. The molecule has 1 N–H and O–H groups in total. The second-order valence-corrected chi connectivity index (χ2v) is 10.5. The molecule has 0 radical (unpaired) electrons. The molecule has 0 aromatic heterocycles. The summed E-state index contributed by atoms with van der Waals surface area (Å²) in [6.45, 7) is 11.2. The van der Waals surface area contributed by atoms with Gasteiger partial charge in [-0.15, -0.1) is 0 Å². The minimum absolute atomic E-state index is 0.0126. The molecule has 1 aliphatic heterocycles. The van der Waals surface area contributed by atoms with Gasteiger partial charge >= 0.3 is 0 Å². The van der Waals surface area contributed by atoms with Gasteiger partial charge in [0.25, 0.3) is 0 Å². The zero-order valence-electron chi connectivity index (χ0n) is 18.1. The molecule has 3 nitrogen and oxygen atoms in total. The molecular formula is C25H36O3. The third-order valence-corrected chi connectivity index (χ3v) is 8.38. The van der Waals surface area contributed by atoms with Gasteiger partial charge in [0.1, 0.15) is 0 Å². The van der Waals surface area contributed by atoms with Crippen molar-refractivity contribution in [3.63, 3.8) is 0 Å². The lowest BCUT2D eigenvalue weighted by molar-refractivity contribution is -0.118. The fraction of sp³-hybridized carbons (Fsp3) is 0.720. The summed E-state index contributed by atoms with van der Waals surface area (Å²) >= 11 is 0. The molecule has 4 rings (SSSR count). The zero-order valence-corrected chi connectivity index (χ0v) is 18.1. The Morgan fingerprint density at radius 2 is 2.11 bits per heavy atom. The maximum absolute atomic E-state index is 12.6. The maximum Gasteiger partial charge on any atom is 0.163 e. The van der Waals surface area contributed by atoms with E-state index in [1.165, 1.54) is 11.1 Å². The average molecular weight is 385 g/mol. The lowest BCUT2D eigenvalue weighted by Crippen LogP contribution is -2.44. The average Bonchev–Trinajstić information content (AvgIpc) is 3.14. The van der Waals surface area contributed by atoms with E-state index in [1.807, 2.05) is 6.08 Å². The molecular weight excluding hydrogens is 348 g/mol. The first kappa shape index (κ1) is 20.1. The van der Waals surface area contributed by atoms with Crippen molar-refractivity contribution in [2.45, 2.75) is 78.4 Å². The lowest BCUT2D eigenvalue weighted by Gasteiger charge is -2.44. The Hall–Kier alpha value is -1.19. The highest BCUT2D eigenvalue weighted by Gasteiger charge is 2.61. The molecule has 1 unspecified atom stereocenters. The van der Waals surface area contributed by atoms with Crippen molar-refractivity contribution < 1.29 is 14.6 Å². The van der Waals surface area contributed by atoms with Gasteiger partial charge in [0, 0.05) is 0 Å². The molecule has 3 heteroatoms. The predicted octanol–water partition coefficient (Wildman–Crippen LogP) is 5.01. The Kier molecular flexibility index (Phi) is 4.99. The first-order valence-corrected chi connectivity index (χ1v) is 11.0. The predicted molar refractivity (Wildman–Crippen MR) is 112 cm³/mol. The number of ether oxygens (including phenoxy) is 1. The molecule has 0 bridgehead atoms. The van der Waals surface area contributed by atoms with Crippen LogP contribution in [0.2, 0.25) is 0 Å². The third-order valence-electron chi connectivity index (χ3n) is 8.38. The van der Waals surface area contributed by atoms with Crippen LogP contribution in [0.4, 0.5) is 0 Å². The fourth-order valence-electron chi connectivity index (χ4n) is 7.01. The number of rotatable bonds is 2. The number of allylic oxidation sites excluding steroid dienone is 4. The Morgan fingerprint density at radius 1 is 1.36 bits per heavy atom. The van der Waals surface area contributed by atoms with Gasteiger partial charge in [0.05, 0.1) is 24.2 Å². The summed E-state index contributed by atoms with van der Waals surface area (Å²) in [5.41, 5.74) is 3.55. The van der Waals surface area contributed by atoms with Crippen molar-refractivity contribution in [1.82, 2.24) is 0 Å². The monoisotopic (exact) mass is 384 g/mol. The normalized spacial score (nSPS) is 47.1. The highest BCUT2D eigenvalue weighted by molar-refractivity contribution is 5.97. The number of hydrogen-bond donors (Lipinski definition) is 1. The van der Waals surface area contributed by atoms with E-state index < -0.39 is 0 Å². The van der Waals surface area contributed by atoms with Crippen molar-refractivity contribution in [2.75, 3.05) is 6.61 Å². The highest BCUT2D eigenvalue weighted by Crippen LogP contribution is 2.63. The van der Waals surface area contributed by atoms with Crippen molar-refractivity contribution in [2.24, 2.45) is 29.1 Å². The van der Waals surface area contributed by atoms with E-state index in [2.05, 4.69) is 46.8 Å². The van der Waals surface area contributed by atoms with E-state index in [9.17, 15) is 9.90 Å². The molecule has 0 aromatic rings. The minimum Gasteiger partial charge on any atom is -0.392 e. The van der Waals surface area contributed by atoms with Crippen LogP contribution in [-0.4, -0.2) is 29.2 Å². The second-order valence-electron chi connectivity index (χ2n) is 10.5. The lowest BCUT2D eigenvalue weighted by atomic mass is 9.62. The Morgan fingerprint density at radius 3 is 2.79 bits per heavy atom. The molecule has 2 fully saturated rings. The first-order chi connectivity index (χ1) is 13.2. The number of fused-ring (bicyclic) bond motifs is 3. The number of ketones is 1. The number of carbonyl (C=O) groups excluding carboxylic acids is 1. The summed E-state index contributed by atoms with van der Waals surface area (Å²) in [6.07, 6.45) is 11.8. The molecule has 3 aliphatic carbocycles. The van der Waals surface area contributed by atoms with Crippen LogP contribution in [0.1, 0.15) is 66.7 Å². The van der Waals surface area contributed by atoms with Crippen molar-refractivity contribution in [3.8, 4) is 0 Å². The van der Waals surface area contributed by atoms with Crippen LogP contribution in [0.5, 0.6) is 0 Å². The van der Waals surface area contributed by atoms with Crippen LogP contribution >= 0.6 is 0 Å². The smallest absolute Gasteiger partial charge is 0.163 e. The summed E-state index contributed by atoms with van der Waals surface area (Å²) in [5, 5.41) is 10.0. The molecule has 7 atom stereocenters. The van der Waals surface area contributed by atoms with Gasteiger partial charge < -0.3 is 9.84 Å². The Balaban J connectivity index is 1.72. The van der Waals surface area contributed by atoms with Crippen molar-refractivity contribution in [3.05, 3.63) is 34.9 Å². The molecule has 1 spiro atoms. The number of aliphatic hydroxyl groups excluding tert-OH is 1. The van der Waals surface area contributed by atoms with Crippen LogP contribution in [0.25, 0.3) is 0 Å². The van der Waals surface area contributed by atoms with E-state index in [0.29, 0.717) is 11.8 Å². The molecule has 0 aromatic carbocycles. The van der Waals surface area contributed by atoms with Gasteiger partial charge in [-0.25, -0.2) is 0 Å². The highest BCUT2D eigenvalue weighted by atomic mass is 16.5. The van der Waals surface area contributed by atoms with Crippen LogP contribution in [0.3, 0.4) is 0 Å². The van der Waals surface area contributed by atoms with Crippen molar-refractivity contribution >= 4 is 5.78 Å². The molecule has 0 amide bonds. The standard InChI is InChI=1S/C25H36O3/c1-15(2)10-19-12-17(4)25(28-19)9-8-24(5)13-20-16(3)11-21(27)23(20)18(14-26)6-7-22(24)25/h6,10-11,17,19-20,22-23,26H,7-9,12-14H2,1-5H3/b18-6-/t17-,19-,20+,22+,23-,24+,25?/m0/s1. The molecule has 28 heavy (non-hydrogen) atoms. The van der Waals surface area contributed by atoms with E-state index in [0.717, 1.165) is 37.7 Å². The number of aliphatic hydroxyl groups is 1. The van der Waals surface area contributed by atoms with Crippen LogP contribution in [0.15, 0.2) is 34.9 Å². The van der Waals surface area contributed by atoms with Gasteiger partial charge in [-0.1, -0.05) is 37.1 Å². The van der Waals surface area contributed by atoms with E-state index >= 15 is 0 Å². The van der Waals surface area contributed by atoms with Crippen LogP contribution in [0, 0.1) is 29.1 Å². The Labute approximate surface area is 169 Å². The molecule has 154 valence electrons. The largest absolute Gasteiger partial charge is 0.392 e. The maximum atomic E-state index is 12.6. The van der Waals surface area contributed by atoms with E-state index in [-0.39, 0.29) is 41.3 Å². The van der Waals surface area contributed by atoms with Gasteiger partial charge in [-0.3, -0.25) is 4.79 Å². The van der Waals surface area contributed by atoms with Gasteiger partial charge in [-0.2, -0.15) is 0 Å². The van der Waals surface area contributed by atoms with Crippen LogP contribution < -0.4 is 0 Å². The summed E-state index contributed by atoms with van der Waals surface area (Å²) in [4.78, 5) is 12.6. The fourth-order valence-corrected chi connectivity index (χ4v) is 7.01. The zero-order chi connectivity index (χ0) is 20.3. The van der Waals surface area contributed by atoms with Crippen LogP contribution in [-0.2, 0) is 9.53 Å². The minimum atomic E-state index is -0.139.